The Morgan fingerprint density at radius 1 is 1.61 bits per heavy atom. The Hall–Kier alpha value is -1.47. The molecule has 0 bridgehead atoms. The van der Waals surface area contributed by atoms with Gasteiger partial charge in [0.1, 0.15) is 6.61 Å². The molecule has 0 spiro atoms. The lowest BCUT2D eigenvalue weighted by molar-refractivity contribution is 0.0943. The monoisotopic (exact) mass is 271 g/mol. The van der Waals surface area contributed by atoms with E-state index in [2.05, 4.69) is 10.5 Å². The molecule has 3 N–H and O–H groups in total. The largest absolute Gasteiger partial charge is 0.393 e. The van der Waals surface area contributed by atoms with Gasteiger partial charge in [-0.15, -0.1) is 0 Å². The standard InChI is InChI=1S/C11H17N3O3S/c1-16-7-8-6-9(14-17-8)11(15)13-5-3-2-4-10(12)18/h6H,2-5,7H2,1H3,(H2,12,18)(H,13,15). The van der Waals surface area contributed by atoms with Crippen LogP contribution in [0.15, 0.2) is 10.6 Å². The molecule has 6 nitrogen and oxygen atoms in total. The van der Waals surface area contributed by atoms with E-state index in [4.69, 9.17) is 27.2 Å². The summed E-state index contributed by atoms with van der Waals surface area (Å²) in [6.07, 6.45) is 2.39. The van der Waals surface area contributed by atoms with Gasteiger partial charge in [-0.25, -0.2) is 0 Å². The van der Waals surface area contributed by atoms with Crippen molar-refractivity contribution >= 4 is 23.1 Å². The van der Waals surface area contributed by atoms with Crippen LogP contribution in [0.25, 0.3) is 0 Å². The molecule has 100 valence electrons. The average Bonchev–Trinajstić information content (AvgIpc) is 2.77. The molecule has 0 saturated heterocycles. The highest BCUT2D eigenvalue weighted by atomic mass is 32.1. The minimum absolute atomic E-state index is 0.253. The van der Waals surface area contributed by atoms with Crippen LogP contribution in [0, 0.1) is 0 Å². The van der Waals surface area contributed by atoms with Crippen molar-refractivity contribution in [2.24, 2.45) is 5.73 Å². The number of nitrogens with two attached hydrogens (primary N) is 1. The Morgan fingerprint density at radius 2 is 2.39 bits per heavy atom. The summed E-state index contributed by atoms with van der Waals surface area (Å²) in [6, 6.07) is 1.56. The third-order valence-electron chi connectivity index (χ3n) is 2.21. The maximum Gasteiger partial charge on any atom is 0.273 e. The van der Waals surface area contributed by atoms with E-state index < -0.39 is 0 Å². The summed E-state index contributed by atoms with van der Waals surface area (Å²) in [4.78, 5) is 12.1. The SMILES string of the molecule is COCc1cc(C(=O)NCCCCC(N)=S)no1. The predicted molar refractivity (Wildman–Crippen MR) is 70.2 cm³/mol. The second kappa shape index (κ2) is 7.78. The smallest absolute Gasteiger partial charge is 0.273 e. The highest BCUT2D eigenvalue weighted by Crippen LogP contribution is 2.04. The number of methoxy groups -OCH3 is 1. The van der Waals surface area contributed by atoms with Gasteiger partial charge in [-0.1, -0.05) is 17.4 Å². The van der Waals surface area contributed by atoms with E-state index in [0.29, 0.717) is 30.3 Å². The fraction of sp³-hybridized carbons (Fsp3) is 0.545. The summed E-state index contributed by atoms with van der Waals surface area (Å²) in [7, 11) is 1.55. The van der Waals surface area contributed by atoms with Crippen molar-refractivity contribution in [3.63, 3.8) is 0 Å². The molecular weight excluding hydrogens is 254 g/mol. The van der Waals surface area contributed by atoms with E-state index in [0.717, 1.165) is 12.8 Å². The molecule has 1 aromatic heterocycles. The molecule has 0 unspecified atom stereocenters. The maximum atomic E-state index is 11.6. The van der Waals surface area contributed by atoms with Crippen LogP contribution >= 0.6 is 12.2 Å². The lowest BCUT2D eigenvalue weighted by atomic mass is 10.2. The fourth-order valence-corrected chi connectivity index (χ4v) is 1.49. The van der Waals surface area contributed by atoms with Crippen molar-refractivity contribution in [3.05, 3.63) is 17.5 Å². The first-order valence-corrected chi connectivity index (χ1v) is 6.05. The van der Waals surface area contributed by atoms with Crippen LogP contribution < -0.4 is 11.1 Å². The van der Waals surface area contributed by atoms with Gasteiger partial charge in [-0.05, 0) is 19.3 Å². The number of carbonyl (C=O) groups is 1. The number of nitrogens with one attached hydrogen (secondary N) is 1. The quantitative estimate of drug-likeness (QED) is 0.541. The van der Waals surface area contributed by atoms with Gasteiger partial charge in [0.15, 0.2) is 11.5 Å². The summed E-state index contributed by atoms with van der Waals surface area (Å²) in [5.74, 6) is 0.271. The van der Waals surface area contributed by atoms with Crippen LogP contribution in [-0.4, -0.2) is 29.7 Å². The predicted octanol–water partition coefficient (Wildman–Crippen LogP) is 1.01. The molecule has 0 aliphatic rings. The summed E-state index contributed by atoms with van der Waals surface area (Å²) in [5, 5.41) is 6.40. The van der Waals surface area contributed by atoms with Crippen molar-refractivity contribution in [1.29, 1.82) is 0 Å². The minimum Gasteiger partial charge on any atom is -0.393 e. The zero-order valence-electron chi connectivity index (χ0n) is 10.3. The summed E-state index contributed by atoms with van der Waals surface area (Å²) >= 11 is 4.76. The second-order valence-corrected chi connectivity index (χ2v) is 4.32. The molecule has 0 radical (unpaired) electrons. The Morgan fingerprint density at radius 3 is 3.06 bits per heavy atom. The van der Waals surface area contributed by atoms with Gasteiger partial charge in [0.25, 0.3) is 5.91 Å². The van der Waals surface area contributed by atoms with Crippen molar-refractivity contribution in [2.75, 3.05) is 13.7 Å². The van der Waals surface area contributed by atoms with Crippen molar-refractivity contribution in [2.45, 2.75) is 25.9 Å². The van der Waals surface area contributed by atoms with Crippen LogP contribution in [0.3, 0.4) is 0 Å². The van der Waals surface area contributed by atoms with E-state index in [-0.39, 0.29) is 11.6 Å². The number of unbranched alkanes of at least 4 members (excludes halogenated alkanes) is 1. The molecule has 1 rings (SSSR count). The summed E-state index contributed by atoms with van der Waals surface area (Å²) < 4.78 is 9.78. The first kappa shape index (κ1) is 14.6. The molecule has 0 aliphatic carbocycles. The van der Waals surface area contributed by atoms with E-state index in [1.54, 1.807) is 13.2 Å². The van der Waals surface area contributed by atoms with Gasteiger partial charge in [-0.3, -0.25) is 4.79 Å². The van der Waals surface area contributed by atoms with Crippen LogP contribution in [0.5, 0.6) is 0 Å². The first-order valence-electron chi connectivity index (χ1n) is 5.64. The number of ether oxygens (including phenoxy) is 1. The summed E-state index contributed by atoms with van der Waals surface area (Å²) in [5.41, 5.74) is 5.63. The number of aromatic nitrogens is 1. The number of rotatable bonds is 8. The molecule has 0 aromatic carbocycles. The fourth-order valence-electron chi connectivity index (χ4n) is 1.35. The number of nitrogens with zero attached hydrogens (tertiary/aromatic N) is 1. The van der Waals surface area contributed by atoms with Gasteiger partial charge in [-0.2, -0.15) is 0 Å². The third kappa shape index (κ3) is 5.24. The second-order valence-electron chi connectivity index (χ2n) is 3.79. The van der Waals surface area contributed by atoms with Crippen molar-refractivity contribution in [3.8, 4) is 0 Å². The van der Waals surface area contributed by atoms with E-state index in [1.165, 1.54) is 0 Å². The molecular formula is C11H17N3O3S. The number of amides is 1. The van der Waals surface area contributed by atoms with Gasteiger partial charge in [0, 0.05) is 19.7 Å². The Balaban J connectivity index is 2.25. The average molecular weight is 271 g/mol. The molecule has 0 saturated carbocycles. The number of thiocarbonyl (C=S) groups is 1. The van der Waals surface area contributed by atoms with Crippen LogP contribution in [-0.2, 0) is 11.3 Å². The number of carbonyl (C=O) groups excluding carboxylic acids is 1. The molecule has 18 heavy (non-hydrogen) atoms. The van der Waals surface area contributed by atoms with E-state index >= 15 is 0 Å². The molecule has 0 aliphatic heterocycles. The normalized spacial score (nSPS) is 10.3. The highest BCUT2D eigenvalue weighted by molar-refractivity contribution is 7.80. The zero-order valence-corrected chi connectivity index (χ0v) is 11.1. The molecule has 7 heteroatoms. The van der Waals surface area contributed by atoms with Crippen molar-refractivity contribution in [1.82, 2.24) is 10.5 Å². The van der Waals surface area contributed by atoms with Crippen LogP contribution in [0.4, 0.5) is 0 Å². The molecule has 0 fully saturated rings. The van der Waals surface area contributed by atoms with Crippen molar-refractivity contribution < 1.29 is 14.1 Å². The van der Waals surface area contributed by atoms with Gasteiger partial charge >= 0.3 is 0 Å². The van der Waals surface area contributed by atoms with Crippen LogP contribution in [0.2, 0.25) is 0 Å². The Labute approximate surface area is 111 Å². The lowest BCUT2D eigenvalue weighted by Crippen LogP contribution is -2.24. The Kier molecular flexibility index (Phi) is 6.31. The number of hydrogen-bond acceptors (Lipinski definition) is 5. The topological polar surface area (TPSA) is 90.4 Å². The van der Waals surface area contributed by atoms with Crippen LogP contribution in [0.1, 0.15) is 35.5 Å². The molecule has 1 amide bonds. The molecule has 1 aromatic rings. The zero-order chi connectivity index (χ0) is 13.4. The van der Waals surface area contributed by atoms with Gasteiger partial charge in [0.2, 0.25) is 0 Å². The molecule has 0 atom stereocenters. The van der Waals surface area contributed by atoms with E-state index in [1.807, 2.05) is 0 Å². The number of hydrogen-bond donors (Lipinski definition) is 2. The van der Waals surface area contributed by atoms with Gasteiger partial charge in [0.05, 0.1) is 4.99 Å². The minimum atomic E-state index is -0.253. The Bertz CT molecular complexity index is 406. The van der Waals surface area contributed by atoms with E-state index in [9.17, 15) is 4.79 Å². The summed E-state index contributed by atoms with van der Waals surface area (Å²) in [6.45, 7) is 0.863. The maximum absolute atomic E-state index is 11.6. The molecule has 1 heterocycles. The first-order chi connectivity index (χ1) is 8.63. The highest BCUT2D eigenvalue weighted by Gasteiger charge is 2.11. The van der Waals surface area contributed by atoms with Gasteiger partial charge < -0.3 is 20.3 Å². The third-order valence-corrected chi connectivity index (χ3v) is 2.42. The lowest BCUT2D eigenvalue weighted by Gasteiger charge is -2.02.